The quantitative estimate of drug-likeness (QED) is 0.657. The highest BCUT2D eigenvalue weighted by Gasteiger charge is 2.14. The van der Waals surface area contributed by atoms with E-state index >= 15 is 0 Å². The maximum Gasteiger partial charge on any atom is 0.312 e. The number of amides is 1. The summed E-state index contributed by atoms with van der Waals surface area (Å²) in [5, 5.41) is 10.4. The zero-order valence-electron chi connectivity index (χ0n) is 14.4. The van der Waals surface area contributed by atoms with Crippen molar-refractivity contribution < 1.29 is 14.3 Å². The summed E-state index contributed by atoms with van der Waals surface area (Å²) in [5.41, 5.74) is 1.32. The van der Waals surface area contributed by atoms with Gasteiger partial charge in [-0.15, -0.1) is 0 Å². The first-order chi connectivity index (χ1) is 13.0. The van der Waals surface area contributed by atoms with E-state index in [9.17, 15) is 14.4 Å². The largest absolute Gasteiger partial charge is 0.455 e. The molecular weight excluding hydrogens is 370 g/mol. The van der Waals surface area contributed by atoms with Gasteiger partial charge in [-0.1, -0.05) is 35.9 Å². The van der Waals surface area contributed by atoms with Crippen molar-refractivity contribution in [2.75, 3.05) is 11.9 Å². The smallest absolute Gasteiger partial charge is 0.312 e. The van der Waals surface area contributed by atoms with Crippen molar-refractivity contribution in [1.82, 2.24) is 10.2 Å². The Bertz CT molecular complexity index is 1080. The van der Waals surface area contributed by atoms with Crippen molar-refractivity contribution in [3.05, 3.63) is 69.1 Å². The molecular formula is C19H16ClN3O4. The summed E-state index contributed by atoms with van der Waals surface area (Å²) in [5.74, 6) is -1.11. The fraction of sp³-hybridized carbons (Fsp3) is 0.158. The molecule has 2 aromatic carbocycles. The molecule has 1 amide bonds. The molecule has 0 aliphatic heterocycles. The third kappa shape index (κ3) is 4.32. The van der Waals surface area contributed by atoms with Crippen LogP contribution in [0.4, 0.5) is 5.69 Å². The number of H-pyrrole nitrogens is 1. The molecule has 2 N–H and O–H groups in total. The first kappa shape index (κ1) is 18.6. The van der Waals surface area contributed by atoms with Crippen LogP contribution in [-0.4, -0.2) is 28.7 Å². The van der Waals surface area contributed by atoms with E-state index in [4.69, 9.17) is 16.3 Å². The number of rotatable bonds is 5. The van der Waals surface area contributed by atoms with Crippen LogP contribution >= 0.6 is 11.6 Å². The van der Waals surface area contributed by atoms with Crippen molar-refractivity contribution in [3.8, 4) is 0 Å². The minimum Gasteiger partial charge on any atom is -0.455 e. The Hall–Kier alpha value is -3.19. The van der Waals surface area contributed by atoms with Crippen LogP contribution in [0.1, 0.15) is 11.3 Å². The topological polar surface area (TPSA) is 101 Å². The van der Waals surface area contributed by atoms with Gasteiger partial charge in [0.05, 0.1) is 17.5 Å². The summed E-state index contributed by atoms with van der Waals surface area (Å²) in [6.45, 7) is 1.34. The van der Waals surface area contributed by atoms with E-state index in [0.717, 1.165) is 5.56 Å². The van der Waals surface area contributed by atoms with E-state index in [1.807, 2.05) is 0 Å². The number of aromatic amines is 1. The van der Waals surface area contributed by atoms with Crippen molar-refractivity contribution in [2.45, 2.75) is 13.3 Å². The first-order valence-corrected chi connectivity index (χ1v) is 8.50. The van der Waals surface area contributed by atoms with Crippen LogP contribution in [0.5, 0.6) is 0 Å². The van der Waals surface area contributed by atoms with Crippen LogP contribution in [-0.2, 0) is 20.7 Å². The van der Waals surface area contributed by atoms with Gasteiger partial charge >= 0.3 is 5.97 Å². The average molecular weight is 386 g/mol. The summed E-state index contributed by atoms with van der Waals surface area (Å²) in [6.07, 6.45) is -0.166. The molecule has 3 rings (SSSR count). The van der Waals surface area contributed by atoms with Gasteiger partial charge in [0, 0.05) is 16.1 Å². The highest BCUT2D eigenvalue weighted by atomic mass is 35.5. The number of aromatic nitrogens is 2. The number of nitrogens with one attached hydrogen (secondary N) is 2. The Balaban J connectivity index is 1.62. The molecule has 138 valence electrons. The molecule has 3 aromatic rings. The van der Waals surface area contributed by atoms with Gasteiger partial charge in [-0.2, -0.15) is 5.10 Å². The molecule has 0 fully saturated rings. The molecule has 0 spiro atoms. The van der Waals surface area contributed by atoms with Gasteiger partial charge in [0.2, 0.25) is 0 Å². The molecule has 1 heterocycles. The lowest BCUT2D eigenvalue weighted by atomic mass is 10.1. The van der Waals surface area contributed by atoms with Gasteiger partial charge in [0.15, 0.2) is 6.61 Å². The highest BCUT2D eigenvalue weighted by molar-refractivity contribution is 6.31. The second-order valence-electron chi connectivity index (χ2n) is 5.84. The molecule has 0 atom stereocenters. The molecule has 0 saturated carbocycles. The Morgan fingerprint density at radius 2 is 1.89 bits per heavy atom. The van der Waals surface area contributed by atoms with E-state index in [2.05, 4.69) is 15.5 Å². The number of fused-ring (bicyclic) bond motifs is 1. The third-order valence-corrected chi connectivity index (χ3v) is 4.40. The van der Waals surface area contributed by atoms with Crippen molar-refractivity contribution in [2.24, 2.45) is 0 Å². The summed E-state index contributed by atoms with van der Waals surface area (Å²) >= 11 is 6.01. The normalized spacial score (nSPS) is 10.6. The summed E-state index contributed by atoms with van der Waals surface area (Å²) < 4.78 is 5.01. The van der Waals surface area contributed by atoms with E-state index in [1.165, 1.54) is 0 Å². The fourth-order valence-corrected chi connectivity index (χ4v) is 2.74. The highest BCUT2D eigenvalue weighted by Crippen LogP contribution is 2.22. The Kier molecular flexibility index (Phi) is 5.52. The minimum atomic E-state index is -0.627. The molecule has 0 aliphatic rings. The second-order valence-corrected chi connectivity index (χ2v) is 6.25. The predicted octanol–water partition coefficient (Wildman–Crippen LogP) is 2.61. The number of halogens is 1. The molecule has 7 nitrogen and oxygen atoms in total. The van der Waals surface area contributed by atoms with Crippen LogP contribution in [0.25, 0.3) is 10.8 Å². The SMILES string of the molecule is Cc1c(Cl)cccc1NC(=O)COC(=O)Cc1n[nH]c(=O)c2ccccc12. The van der Waals surface area contributed by atoms with Crippen LogP contribution in [0.15, 0.2) is 47.3 Å². The number of hydrogen-bond acceptors (Lipinski definition) is 5. The number of hydrogen-bond donors (Lipinski definition) is 2. The molecule has 0 bridgehead atoms. The average Bonchev–Trinajstić information content (AvgIpc) is 2.66. The lowest BCUT2D eigenvalue weighted by Gasteiger charge is -2.10. The van der Waals surface area contributed by atoms with E-state index in [-0.39, 0.29) is 12.0 Å². The summed E-state index contributed by atoms with van der Waals surface area (Å²) in [7, 11) is 0. The standard InChI is InChI=1S/C19H16ClN3O4/c1-11-14(20)7-4-8-15(11)21-17(24)10-27-18(25)9-16-12-5-2-3-6-13(12)19(26)23-22-16/h2-8H,9-10H2,1H3,(H,21,24)(H,23,26). The van der Waals surface area contributed by atoms with Crippen LogP contribution in [0.3, 0.4) is 0 Å². The molecule has 1 aromatic heterocycles. The van der Waals surface area contributed by atoms with Gasteiger partial charge in [-0.25, -0.2) is 5.10 Å². The zero-order chi connectivity index (χ0) is 19.4. The van der Waals surface area contributed by atoms with Gasteiger partial charge < -0.3 is 10.1 Å². The number of nitrogens with zero attached hydrogens (tertiary/aromatic N) is 1. The fourth-order valence-electron chi connectivity index (χ4n) is 2.57. The molecule has 0 saturated heterocycles. The Morgan fingerprint density at radius 1 is 1.15 bits per heavy atom. The first-order valence-electron chi connectivity index (χ1n) is 8.12. The van der Waals surface area contributed by atoms with Crippen LogP contribution < -0.4 is 10.9 Å². The van der Waals surface area contributed by atoms with Gasteiger partial charge in [0.1, 0.15) is 0 Å². The number of benzene rings is 2. The second kappa shape index (κ2) is 8.01. The summed E-state index contributed by atoms with van der Waals surface area (Å²) in [4.78, 5) is 35.8. The van der Waals surface area contributed by atoms with Gasteiger partial charge in [-0.05, 0) is 30.7 Å². The summed E-state index contributed by atoms with van der Waals surface area (Å²) in [6, 6.07) is 12.0. The predicted molar refractivity (Wildman–Crippen MR) is 102 cm³/mol. The van der Waals surface area contributed by atoms with E-state index < -0.39 is 18.5 Å². The lowest BCUT2D eigenvalue weighted by Crippen LogP contribution is -2.22. The van der Waals surface area contributed by atoms with Crippen molar-refractivity contribution >= 4 is 39.9 Å². The Morgan fingerprint density at radius 3 is 2.67 bits per heavy atom. The molecule has 0 unspecified atom stereocenters. The molecule has 0 radical (unpaired) electrons. The number of ether oxygens (including phenoxy) is 1. The van der Waals surface area contributed by atoms with Gasteiger partial charge in [-0.3, -0.25) is 14.4 Å². The molecule has 8 heteroatoms. The van der Waals surface area contributed by atoms with Gasteiger partial charge in [0.25, 0.3) is 11.5 Å². The van der Waals surface area contributed by atoms with E-state index in [0.29, 0.717) is 27.2 Å². The van der Waals surface area contributed by atoms with Crippen molar-refractivity contribution in [3.63, 3.8) is 0 Å². The maximum absolute atomic E-state index is 12.1. The van der Waals surface area contributed by atoms with Crippen LogP contribution in [0.2, 0.25) is 5.02 Å². The zero-order valence-corrected chi connectivity index (χ0v) is 15.2. The third-order valence-electron chi connectivity index (χ3n) is 3.99. The van der Waals surface area contributed by atoms with Crippen molar-refractivity contribution in [1.29, 1.82) is 0 Å². The molecule has 27 heavy (non-hydrogen) atoms. The maximum atomic E-state index is 12.1. The Labute approximate surface area is 159 Å². The number of anilines is 1. The molecule has 0 aliphatic carbocycles. The lowest BCUT2D eigenvalue weighted by molar-refractivity contribution is -0.146. The minimum absolute atomic E-state index is 0.166. The van der Waals surface area contributed by atoms with Crippen LogP contribution in [0, 0.1) is 6.92 Å². The van der Waals surface area contributed by atoms with E-state index in [1.54, 1.807) is 49.4 Å². The number of esters is 1. The monoisotopic (exact) mass is 385 g/mol. The number of carbonyl (C=O) groups is 2. The number of carbonyl (C=O) groups excluding carboxylic acids is 2.